The van der Waals surface area contributed by atoms with Crippen molar-refractivity contribution in [3.8, 4) is 6.07 Å². The Kier molecular flexibility index (Phi) is 4.29. The number of furan rings is 2. The first kappa shape index (κ1) is 15.4. The standard InChI is InChI=1S/C17H13N3O4/c18-10-13-9-14(20(21)22)5-6-17(13)19(11-15-3-1-7-23-15)12-16-4-2-8-24-16/h1-9H,11-12H2. The van der Waals surface area contributed by atoms with Crippen molar-refractivity contribution in [1.82, 2.24) is 0 Å². The number of nitro groups is 1. The lowest BCUT2D eigenvalue weighted by molar-refractivity contribution is -0.384. The van der Waals surface area contributed by atoms with Crippen molar-refractivity contribution in [2.24, 2.45) is 0 Å². The number of nitrogens with zero attached hydrogens (tertiary/aromatic N) is 3. The Morgan fingerprint density at radius 2 is 1.71 bits per heavy atom. The van der Waals surface area contributed by atoms with Gasteiger partial charge in [0.25, 0.3) is 5.69 Å². The van der Waals surface area contributed by atoms with E-state index in [0.717, 1.165) is 0 Å². The van der Waals surface area contributed by atoms with Crippen LogP contribution in [0.2, 0.25) is 0 Å². The molecule has 0 saturated carbocycles. The minimum atomic E-state index is -0.520. The van der Waals surface area contributed by atoms with E-state index >= 15 is 0 Å². The van der Waals surface area contributed by atoms with Gasteiger partial charge in [0, 0.05) is 12.1 Å². The summed E-state index contributed by atoms with van der Waals surface area (Å²) in [6.07, 6.45) is 3.14. The molecule has 7 nitrogen and oxygen atoms in total. The first-order valence-electron chi connectivity index (χ1n) is 7.15. The van der Waals surface area contributed by atoms with Crippen molar-refractivity contribution in [3.63, 3.8) is 0 Å². The van der Waals surface area contributed by atoms with Crippen molar-refractivity contribution >= 4 is 11.4 Å². The van der Waals surface area contributed by atoms with Crippen molar-refractivity contribution in [3.05, 3.63) is 82.2 Å². The van der Waals surface area contributed by atoms with Gasteiger partial charge in [-0.25, -0.2) is 0 Å². The summed E-state index contributed by atoms with van der Waals surface area (Å²) in [5, 5.41) is 20.3. The predicted molar refractivity (Wildman–Crippen MR) is 85.1 cm³/mol. The summed E-state index contributed by atoms with van der Waals surface area (Å²) in [5.41, 5.74) is 0.685. The Bertz CT molecular complexity index is 828. The highest BCUT2D eigenvalue weighted by Crippen LogP contribution is 2.28. The fourth-order valence-corrected chi connectivity index (χ4v) is 2.41. The maximum atomic E-state index is 10.9. The molecule has 120 valence electrons. The maximum Gasteiger partial charge on any atom is 0.270 e. The molecule has 0 saturated heterocycles. The van der Waals surface area contributed by atoms with Gasteiger partial charge in [0.1, 0.15) is 17.6 Å². The second-order valence-electron chi connectivity index (χ2n) is 5.09. The summed E-state index contributed by atoms with van der Waals surface area (Å²) >= 11 is 0. The second kappa shape index (κ2) is 6.71. The number of benzene rings is 1. The number of rotatable bonds is 6. The van der Waals surface area contributed by atoms with Crippen LogP contribution in [0.4, 0.5) is 11.4 Å². The van der Waals surface area contributed by atoms with Crippen molar-refractivity contribution in [2.45, 2.75) is 13.1 Å². The average Bonchev–Trinajstić information content (AvgIpc) is 3.27. The molecule has 0 aliphatic carbocycles. The molecule has 1 aromatic carbocycles. The molecule has 3 aromatic rings. The van der Waals surface area contributed by atoms with Crippen LogP contribution >= 0.6 is 0 Å². The van der Waals surface area contributed by atoms with E-state index in [1.54, 1.807) is 30.7 Å². The van der Waals surface area contributed by atoms with Gasteiger partial charge in [-0.15, -0.1) is 0 Å². The minimum Gasteiger partial charge on any atom is -0.467 e. The van der Waals surface area contributed by atoms with Gasteiger partial charge in [-0.3, -0.25) is 10.1 Å². The molecule has 0 bridgehead atoms. The Morgan fingerprint density at radius 3 is 2.17 bits per heavy atom. The zero-order chi connectivity index (χ0) is 16.9. The van der Waals surface area contributed by atoms with Crippen LogP contribution in [0.25, 0.3) is 0 Å². The first-order valence-corrected chi connectivity index (χ1v) is 7.15. The zero-order valence-electron chi connectivity index (χ0n) is 12.6. The Labute approximate surface area is 137 Å². The SMILES string of the molecule is N#Cc1cc([N+](=O)[O-])ccc1N(Cc1ccco1)Cc1ccco1. The number of non-ortho nitro benzene ring substituents is 1. The molecule has 2 aromatic heterocycles. The first-order chi connectivity index (χ1) is 11.7. The highest BCUT2D eigenvalue weighted by Gasteiger charge is 2.18. The van der Waals surface area contributed by atoms with Gasteiger partial charge in [0.15, 0.2) is 0 Å². The summed E-state index contributed by atoms with van der Waals surface area (Å²) < 4.78 is 10.8. The van der Waals surface area contributed by atoms with E-state index in [1.807, 2.05) is 23.1 Å². The van der Waals surface area contributed by atoms with Crippen LogP contribution in [0.1, 0.15) is 17.1 Å². The third-order valence-corrected chi connectivity index (χ3v) is 3.51. The number of anilines is 1. The summed E-state index contributed by atoms with van der Waals surface area (Å²) in [7, 11) is 0. The molecule has 0 atom stereocenters. The zero-order valence-corrected chi connectivity index (χ0v) is 12.6. The van der Waals surface area contributed by atoms with Gasteiger partial charge in [0.05, 0.1) is 41.8 Å². The number of hydrogen-bond acceptors (Lipinski definition) is 6. The van der Waals surface area contributed by atoms with Crippen LogP contribution in [-0.4, -0.2) is 4.92 Å². The Morgan fingerprint density at radius 1 is 1.08 bits per heavy atom. The third kappa shape index (κ3) is 3.28. The van der Waals surface area contributed by atoms with E-state index < -0.39 is 4.92 Å². The van der Waals surface area contributed by atoms with Crippen LogP contribution < -0.4 is 4.90 Å². The lowest BCUT2D eigenvalue weighted by Crippen LogP contribution is -2.22. The fourth-order valence-electron chi connectivity index (χ4n) is 2.41. The van der Waals surface area contributed by atoms with Crippen LogP contribution in [0, 0.1) is 21.4 Å². The quantitative estimate of drug-likeness (QED) is 0.505. The lowest BCUT2D eigenvalue weighted by atomic mass is 10.1. The van der Waals surface area contributed by atoms with E-state index in [4.69, 9.17) is 8.83 Å². The van der Waals surface area contributed by atoms with Gasteiger partial charge >= 0.3 is 0 Å². The molecule has 24 heavy (non-hydrogen) atoms. The van der Waals surface area contributed by atoms with Crippen LogP contribution in [0.5, 0.6) is 0 Å². The molecular weight excluding hydrogens is 310 g/mol. The molecule has 7 heteroatoms. The van der Waals surface area contributed by atoms with Crippen LogP contribution in [0.15, 0.2) is 63.8 Å². The van der Waals surface area contributed by atoms with E-state index in [9.17, 15) is 15.4 Å². The molecule has 2 heterocycles. The molecular formula is C17H13N3O4. The lowest BCUT2D eigenvalue weighted by Gasteiger charge is -2.23. The predicted octanol–water partition coefficient (Wildman–Crippen LogP) is 3.86. The highest BCUT2D eigenvalue weighted by atomic mass is 16.6. The van der Waals surface area contributed by atoms with Gasteiger partial charge in [-0.1, -0.05) is 0 Å². The van der Waals surface area contributed by atoms with E-state index in [0.29, 0.717) is 30.3 Å². The molecule has 0 spiro atoms. The molecule has 0 aliphatic rings. The van der Waals surface area contributed by atoms with Crippen molar-refractivity contribution in [2.75, 3.05) is 4.90 Å². The van der Waals surface area contributed by atoms with Crippen molar-refractivity contribution < 1.29 is 13.8 Å². The highest BCUT2D eigenvalue weighted by molar-refractivity contribution is 5.63. The second-order valence-corrected chi connectivity index (χ2v) is 5.09. The third-order valence-electron chi connectivity index (χ3n) is 3.51. The average molecular weight is 323 g/mol. The van der Waals surface area contributed by atoms with Crippen molar-refractivity contribution in [1.29, 1.82) is 5.26 Å². The van der Waals surface area contributed by atoms with Gasteiger partial charge in [-0.05, 0) is 30.3 Å². The summed E-state index contributed by atoms with van der Waals surface area (Å²) in [5.74, 6) is 1.42. The monoisotopic (exact) mass is 323 g/mol. The smallest absolute Gasteiger partial charge is 0.270 e. The molecule has 0 amide bonds. The largest absolute Gasteiger partial charge is 0.467 e. The van der Waals surface area contributed by atoms with E-state index in [1.165, 1.54) is 12.1 Å². The Hall–Kier alpha value is -3.53. The molecule has 0 aliphatic heterocycles. The normalized spacial score (nSPS) is 10.3. The molecule has 0 N–H and O–H groups in total. The van der Waals surface area contributed by atoms with Crippen LogP contribution in [0.3, 0.4) is 0 Å². The Balaban J connectivity index is 1.98. The molecule has 3 rings (SSSR count). The molecule has 0 fully saturated rings. The summed E-state index contributed by atoms with van der Waals surface area (Å²) in [6.45, 7) is 0.806. The fraction of sp³-hybridized carbons (Fsp3) is 0.118. The minimum absolute atomic E-state index is 0.119. The summed E-state index contributed by atoms with van der Waals surface area (Å²) in [6, 6.07) is 13.5. The molecule has 0 radical (unpaired) electrons. The topological polar surface area (TPSA) is 96.4 Å². The van der Waals surface area contributed by atoms with Crippen LogP contribution in [-0.2, 0) is 13.1 Å². The van der Waals surface area contributed by atoms with E-state index in [-0.39, 0.29) is 11.3 Å². The number of nitro benzene ring substituents is 1. The number of nitriles is 1. The summed E-state index contributed by atoms with van der Waals surface area (Å²) in [4.78, 5) is 12.3. The van der Waals surface area contributed by atoms with Gasteiger partial charge < -0.3 is 13.7 Å². The molecule has 0 unspecified atom stereocenters. The number of hydrogen-bond donors (Lipinski definition) is 0. The van der Waals surface area contributed by atoms with E-state index in [2.05, 4.69) is 0 Å². The van der Waals surface area contributed by atoms with Gasteiger partial charge in [-0.2, -0.15) is 5.26 Å². The maximum absolute atomic E-state index is 10.9. The van der Waals surface area contributed by atoms with Gasteiger partial charge in [0.2, 0.25) is 0 Å².